The first-order valence-electron chi connectivity index (χ1n) is 9.52. The minimum Gasteiger partial charge on any atom is -0.490 e. The van der Waals surface area contributed by atoms with Gasteiger partial charge in [-0.2, -0.15) is 4.98 Å². The standard InChI is InChI=1S/C22H23N3O3/c1-15-3-5-18(6-4-15)22(26)25-13-11-20(12-14-25)27-19-9-7-17(8-10-19)21-23-16(2)28-24-21/h3-10,20H,11-14H2,1-2H3. The molecule has 2 heterocycles. The van der Waals surface area contributed by atoms with E-state index in [1.165, 1.54) is 0 Å². The third kappa shape index (κ3) is 4.06. The van der Waals surface area contributed by atoms with Crippen molar-refractivity contribution in [1.29, 1.82) is 0 Å². The van der Waals surface area contributed by atoms with Gasteiger partial charge in [0.1, 0.15) is 11.9 Å². The van der Waals surface area contributed by atoms with Crippen LogP contribution in [0.2, 0.25) is 0 Å². The lowest BCUT2D eigenvalue weighted by Crippen LogP contribution is -2.41. The summed E-state index contributed by atoms with van der Waals surface area (Å²) in [6, 6.07) is 15.4. The molecule has 3 aromatic rings. The molecule has 28 heavy (non-hydrogen) atoms. The highest BCUT2D eigenvalue weighted by atomic mass is 16.5. The van der Waals surface area contributed by atoms with E-state index in [4.69, 9.17) is 9.26 Å². The molecule has 0 saturated carbocycles. The smallest absolute Gasteiger partial charge is 0.253 e. The van der Waals surface area contributed by atoms with Crippen LogP contribution in [0.1, 0.15) is 34.7 Å². The fraction of sp³-hybridized carbons (Fsp3) is 0.318. The van der Waals surface area contributed by atoms with Crippen LogP contribution in [0.25, 0.3) is 11.4 Å². The van der Waals surface area contributed by atoms with E-state index in [2.05, 4.69) is 10.1 Å². The van der Waals surface area contributed by atoms with Gasteiger partial charge in [0.2, 0.25) is 11.7 Å². The molecule has 144 valence electrons. The highest BCUT2D eigenvalue weighted by Gasteiger charge is 2.24. The second kappa shape index (κ2) is 7.84. The molecule has 1 amide bonds. The molecule has 1 aliphatic heterocycles. The first-order valence-corrected chi connectivity index (χ1v) is 9.52. The van der Waals surface area contributed by atoms with E-state index in [9.17, 15) is 4.79 Å². The van der Waals surface area contributed by atoms with E-state index in [0.29, 0.717) is 24.8 Å². The number of hydrogen-bond acceptors (Lipinski definition) is 5. The molecular formula is C22H23N3O3. The van der Waals surface area contributed by atoms with Crippen LogP contribution in [-0.2, 0) is 0 Å². The quantitative estimate of drug-likeness (QED) is 0.686. The lowest BCUT2D eigenvalue weighted by atomic mass is 10.1. The summed E-state index contributed by atoms with van der Waals surface area (Å²) in [4.78, 5) is 18.7. The van der Waals surface area contributed by atoms with Gasteiger partial charge in [-0.1, -0.05) is 22.9 Å². The lowest BCUT2D eigenvalue weighted by Gasteiger charge is -2.32. The Morgan fingerprint density at radius 2 is 1.71 bits per heavy atom. The van der Waals surface area contributed by atoms with E-state index < -0.39 is 0 Å². The summed E-state index contributed by atoms with van der Waals surface area (Å²) in [5.74, 6) is 2.03. The second-order valence-corrected chi connectivity index (χ2v) is 7.14. The van der Waals surface area contributed by atoms with Crippen molar-refractivity contribution >= 4 is 5.91 Å². The Morgan fingerprint density at radius 3 is 2.32 bits per heavy atom. The summed E-state index contributed by atoms with van der Waals surface area (Å²) in [6.45, 7) is 5.20. The Hall–Kier alpha value is -3.15. The second-order valence-electron chi connectivity index (χ2n) is 7.14. The van der Waals surface area contributed by atoms with Crippen LogP contribution in [-0.4, -0.2) is 40.1 Å². The van der Waals surface area contributed by atoms with E-state index in [-0.39, 0.29) is 12.0 Å². The molecule has 0 N–H and O–H groups in total. The third-order valence-electron chi connectivity index (χ3n) is 4.97. The predicted octanol–water partition coefficient (Wildman–Crippen LogP) is 4.04. The van der Waals surface area contributed by atoms with E-state index in [1.807, 2.05) is 60.4 Å². The number of aromatic nitrogens is 2. The van der Waals surface area contributed by atoms with Crippen molar-refractivity contribution in [3.8, 4) is 17.1 Å². The van der Waals surface area contributed by atoms with Crippen LogP contribution >= 0.6 is 0 Å². The highest BCUT2D eigenvalue weighted by molar-refractivity contribution is 5.94. The molecule has 0 aliphatic carbocycles. The lowest BCUT2D eigenvalue weighted by molar-refractivity contribution is 0.0595. The van der Waals surface area contributed by atoms with E-state index in [1.54, 1.807) is 6.92 Å². The zero-order valence-electron chi connectivity index (χ0n) is 16.1. The van der Waals surface area contributed by atoms with Crippen LogP contribution in [0.5, 0.6) is 5.75 Å². The van der Waals surface area contributed by atoms with E-state index in [0.717, 1.165) is 35.3 Å². The zero-order chi connectivity index (χ0) is 19.5. The van der Waals surface area contributed by atoms with Gasteiger partial charge < -0.3 is 14.2 Å². The summed E-state index contributed by atoms with van der Waals surface area (Å²) in [5.41, 5.74) is 2.80. The van der Waals surface area contributed by atoms with Crippen LogP contribution in [0.15, 0.2) is 53.1 Å². The molecule has 0 atom stereocenters. The largest absolute Gasteiger partial charge is 0.490 e. The fourth-order valence-corrected chi connectivity index (χ4v) is 3.35. The Morgan fingerprint density at radius 1 is 1.04 bits per heavy atom. The Bertz CT molecular complexity index is 940. The molecule has 6 heteroatoms. The maximum atomic E-state index is 12.6. The number of benzene rings is 2. The average Bonchev–Trinajstić information content (AvgIpc) is 3.15. The number of likely N-dealkylation sites (tertiary alicyclic amines) is 1. The summed E-state index contributed by atoms with van der Waals surface area (Å²) in [7, 11) is 0. The topological polar surface area (TPSA) is 68.5 Å². The molecule has 1 fully saturated rings. The van der Waals surface area contributed by atoms with Crippen molar-refractivity contribution in [3.05, 3.63) is 65.5 Å². The minimum absolute atomic E-state index is 0.0956. The normalized spacial score (nSPS) is 14.9. The van der Waals surface area contributed by atoms with Crippen molar-refractivity contribution in [2.45, 2.75) is 32.8 Å². The first kappa shape index (κ1) is 18.2. The van der Waals surface area contributed by atoms with Crippen molar-refractivity contribution in [2.75, 3.05) is 13.1 Å². The highest BCUT2D eigenvalue weighted by Crippen LogP contribution is 2.23. The monoisotopic (exact) mass is 377 g/mol. The van der Waals surface area contributed by atoms with Crippen LogP contribution in [0, 0.1) is 13.8 Å². The molecular weight excluding hydrogens is 354 g/mol. The maximum Gasteiger partial charge on any atom is 0.253 e. The molecule has 1 saturated heterocycles. The number of piperidine rings is 1. The third-order valence-corrected chi connectivity index (χ3v) is 4.97. The Labute approximate surface area is 164 Å². The van der Waals surface area contributed by atoms with Crippen LogP contribution in [0.3, 0.4) is 0 Å². The van der Waals surface area contributed by atoms with Gasteiger partial charge in [0, 0.05) is 44.0 Å². The van der Waals surface area contributed by atoms with Gasteiger partial charge in [0.15, 0.2) is 0 Å². The minimum atomic E-state index is 0.0956. The summed E-state index contributed by atoms with van der Waals surface area (Å²) in [5, 5.41) is 3.92. The van der Waals surface area contributed by atoms with Crippen LogP contribution < -0.4 is 4.74 Å². The maximum absolute atomic E-state index is 12.6. The van der Waals surface area contributed by atoms with Gasteiger partial charge in [-0.05, 0) is 43.3 Å². The number of aryl methyl sites for hydroxylation is 2. The van der Waals surface area contributed by atoms with Gasteiger partial charge in [-0.25, -0.2) is 0 Å². The van der Waals surface area contributed by atoms with Gasteiger partial charge in [-0.15, -0.1) is 0 Å². The molecule has 0 unspecified atom stereocenters. The summed E-state index contributed by atoms with van der Waals surface area (Å²) < 4.78 is 11.1. The predicted molar refractivity (Wildman–Crippen MR) is 105 cm³/mol. The number of nitrogens with zero attached hydrogens (tertiary/aromatic N) is 3. The molecule has 1 aliphatic rings. The SMILES string of the molecule is Cc1ccc(C(=O)N2CCC(Oc3ccc(-c4noc(C)n4)cc3)CC2)cc1. The number of rotatable bonds is 4. The molecule has 0 bridgehead atoms. The summed E-state index contributed by atoms with van der Waals surface area (Å²) >= 11 is 0. The molecule has 0 spiro atoms. The zero-order valence-corrected chi connectivity index (χ0v) is 16.1. The number of carbonyl (C=O) groups excluding carboxylic acids is 1. The number of ether oxygens (including phenoxy) is 1. The van der Waals surface area contributed by atoms with Crippen molar-refractivity contribution in [2.24, 2.45) is 0 Å². The number of amides is 1. The number of hydrogen-bond donors (Lipinski definition) is 0. The van der Waals surface area contributed by atoms with Gasteiger partial charge in [0.25, 0.3) is 5.91 Å². The molecule has 1 aromatic heterocycles. The van der Waals surface area contributed by atoms with Gasteiger partial charge in [-0.3, -0.25) is 4.79 Å². The van der Waals surface area contributed by atoms with E-state index >= 15 is 0 Å². The number of carbonyl (C=O) groups is 1. The van der Waals surface area contributed by atoms with Crippen molar-refractivity contribution in [3.63, 3.8) is 0 Å². The summed E-state index contributed by atoms with van der Waals surface area (Å²) in [6.07, 6.45) is 1.76. The van der Waals surface area contributed by atoms with Gasteiger partial charge >= 0.3 is 0 Å². The average molecular weight is 377 g/mol. The molecule has 4 rings (SSSR count). The van der Waals surface area contributed by atoms with Gasteiger partial charge in [0.05, 0.1) is 0 Å². The Balaban J connectivity index is 1.31. The van der Waals surface area contributed by atoms with Crippen molar-refractivity contribution < 1.29 is 14.1 Å². The van der Waals surface area contributed by atoms with Crippen LogP contribution in [0.4, 0.5) is 0 Å². The molecule has 2 aromatic carbocycles. The van der Waals surface area contributed by atoms with Crippen molar-refractivity contribution in [1.82, 2.24) is 15.0 Å². The first-order chi connectivity index (χ1) is 13.6. The Kier molecular flexibility index (Phi) is 5.10. The molecule has 0 radical (unpaired) electrons. The fourth-order valence-electron chi connectivity index (χ4n) is 3.35. The molecule has 6 nitrogen and oxygen atoms in total.